The maximum absolute atomic E-state index is 12.1. The molecule has 0 atom stereocenters. The summed E-state index contributed by atoms with van der Waals surface area (Å²) in [6, 6.07) is 9.70. The number of carbonyl (C=O) groups excluding carboxylic acids is 2. The lowest BCUT2D eigenvalue weighted by Gasteiger charge is -2.12. The number of methoxy groups -OCH3 is 1. The minimum atomic E-state index is 0.0349. The Balaban J connectivity index is 2.40. The highest BCUT2D eigenvalue weighted by Gasteiger charge is 2.10. The number of nitrogens with one attached hydrogen (secondary N) is 1. The second-order valence-corrected chi connectivity index (χ2v) is 5.45. The van der Waals surface area contributed by atoms with Gasteiger partial charge in [0.1, 0.15) is 5.75 Å². The van der Waals surface area contributed by atoms with Gasteiger partial charge in [-0.05, 0) is 47.0 Å². The molecule has 2 rings (SSSR count). The van der Waals surface area contributed by atoms with Crippen molar-refractivity contribution in [2.24, 2.45) is 0 Å². The van der Waals surface area contributed by atoms with Crippen LogP contribution in [0.2, 0.25) is 0 Å². The van der Waals surface area contributed by atoms with E-state index in [1.54, 1.807) is 7.11 Å². The average Bonchev–Trinajstić information content (AvgIpc) is 2.59. The topological polar surface area (TPSA) is 55.4 Å². The predicted octanol–water partition coefficient (Wildman–Crippen LogP) is 3.51. The molecule has 0 spiro atoms. The lowest BCUT2D eigenvalue weighted by Crippen LogP contribution is -2.24. The van der Waals surface area contributed by atoms with Crippen molar-refractivity contribution in [1.29, 1.82) is 0 Å². The molecule has 1 amide bonds. The van der Waals surface area contributed by atoms with Crippen LogP contribution in [-0.2, 0) is 11.2 Å². The van der Waals surface area contributed by atoms with Crippen molar-refractivity contribution in [2.45, 2.75) is 33.1 Å². The summed E-state index contributed by atoms with van der Waals surface area (Å²) in [6.45, 7) is 4.25. The SMILES string of the molecule is CCC(=O)NCCc1cc(C(=O)CC)cc2ccc(OC)cc12. The third-order valence-electron chi connectivity index (χ3n) is 3.93. The van der Waals surface area contributed by atoms with Crippen LogP contribution in [0.4, 0.5) is 0 Å². The van der Waals surface area contributed by atoms with Gasteiger partial charge in [-0.15, -0.1) is 0 Å². The summed E-state index contributed by atoms with van der Waals surface area (Å²) < 4.78 is 5.30. The fourth-order valence-electron chi connectivity index (χ4n) is 2.57. The number of hydrogen-bond acceptors (Lipinski definition) is 3. The van der Waals surface area contributed by atoms with Crippen molar-refractivity contribution in [3.63, 3.8) is 0 Å². The molecule has 4 heteroatoms. The first kappa shape index (κ1) is 17.0. The largest absolute Gasteiger partial charge is 0.497 e. The Hall–Kier alpha value is -2.36. The number of ketones is 1. The molecule has 0 unspecified atom stereocenters. The molecule has 0 aliphatic heterocycles. The van der Waals surface area contributed by atoms with E-state index >= 15 is 0 Å². The predicted molar refractivity (Wildman–Crippen MR) is 92.1 cm³/mol. The number of fused-ring (bicyclic) bond motifs is 1. The molecule has 1 N–H and O–H groups in total. The molecule has 0 heterocycles. The molecule has 0 radical (unpaired) electrons. The van der Waals surface area contributed by atoms with Gasteiger partial charge >= 0.3 is 0 Å². The fraction of sp³-hybridized carbons (Fsp3) is 0.368. The summed E-state index contributed by atoms with van der Waals surface area (Å²) in [5.41, 5.74) is 1.77. The smallest absolute Gasteiger partial charge is 0.219 e. The van der Waals surface area contributed by atoms with Crippen molar-refractivity contribution >= 4 is 22.5 Å². The molecular formula is C19H23NO3. The summed E-state index contributed by atoms with van der Waals surface area (Å²) in [5, 5.41) is 4.96. The third-order valence-corrected chi connectivity index (χ3v) is 3.93. The maximum Gasteiger partial charge on any atom is 0.219 e. The summed E-state index contributed by atoms with van der Waals surface area (Å²) in [4.78, 5) is 23.5. The van der Waals surface area contributed by atoms with Gasteiger partial charge in [0.25, 0.3) is 0 Å². The number of Topliss-reactive ketones (excluding diaryl/α,β-unsaturated/α-hetero) is 1. The van der Waals surface area contributed by atoms with Crippen molar-refractivity contribution in [3.05, 3.63) is 41.5 Å². The van der Waals surface area contributed by atoms with Crippen LogP contribution >= 0.6 is 0 Å². The van der Waals surface area contributed by atoms with Gasteiger partial charge in [0.15, 0.2) is 5.78 Å². The van der Waals surface area contributed by atoms with Crippen molar-refractivity contribution in [2.75, 3.05) is 13.7 Å². The zero-order valence-electron chi connectivity index (χ0n) is 13.9. The van der Waals surface area contributed by atoms with E-state index in [-0.39, 0.29) is 11.7 Å². The summed E-state index contributed by atoms with van der Waals surface area (Å²) in [6.07, 6.45) is 1.64. The second-order valence-electron chi connectivity index (χ2n) is 5.45. The van der Waals surface area contributed by atoms with Crippen LogP contribution in [0.3, 0.4) is 0 Å². The van der Waals surface area contributed by atoms with Crippen LogP contribution in [0.1, 0.15) is 42.6 Å². The molecule has 2 aromatic carbocycles. The third kappa shape index (κ3) is 4.09. The molecule has 0 aliphatic carbocycles. The van der Waals surface area contributed by atoms with Crippen LogP contribution in [-0.4, -0.2) is 25.3 Å². The van der Waals surface area contributed by atoms with Crippen LogP contribution < -0.4 is 10.1 Å². The number of hydrogen-bond donors (Lipinski definition) is 1. The summed E-state index contributed by atoms with van der Waals surface area (Å²) in [7, 11) is 1.64. The summed E-state index contributed by atoms with van der Waals surface area (Å²) in [5.74, 6) is 0.945. The molecule has 0 bridgehead atoms. The quantitative estimate of drug-likeness (QED) is 0.796. The first-order valence-electron chi connectivity index (χ1n) is 7.99. The van der Waals surface area contributed by atoms with Gasteiger partial charge in [-0.3, -0.25) is 9.59 Å². The number of carbonyl (C=O) groups is 2. The van der Waals surface area contributed by atoms with Gasteiger partial charge in [0.2, 0.25) is 5.91 Å². The highest BCUT2D eigenvalue weighted by Crippen LogP contribution is 2.26. The minimum Gasteiger partial charge on any atom is -0.497 e. The fourth-order valence-corrected chi connectivity index (χ4v) is 2.57. The van der Waals surface area contributed by atoms with Gasteiger partial charge < -0.3 is 10.1 Å². The Morgan fingerprint density at radius 3 is 2.52 bits per heavy atom. The van der Waals surface area contributed by atoms with Crippen molar-refractivity contribution < 1.29 is 14.3 Å². The number of benzene rings is 2. The van der Waals surface area contributed by atoms with Crippen LogP contribution in [0.15, 0.2) is 30.3 Å². The molecule has 0 aliphatic rings. The highest BCUT2D eigenvalue weighted by molar-refractivity contribution is 6.01. The molecule has 4 nitrogen and oxygen atoms in total. The first-order valence-corrected chi connectivity index (χ1v) is 7.99. The van der Waals surface area contributed by atoms with Crippen LogP contribution in [0, 0.1) is 0 Å². The van der Waals surface area contributed by atoms with Gasteiger partial charge in [0, 0.05) is 24.9 Å². The molecule has 0 aromatic heterocycles. The highest BCUT2D eigenvalue weighted by atomic mass is 16.5. The zero-order chi connectivity index (χ0) is 16.8. The normalized spacial score (nSPS) is 10.6. The number of rotatable bonds is 7. The van der Waals surface area contributed by atoms with E-state index in [9.17, 15) is 9.59 Å². The lowest BCUT2D eigenvalue weighted by molar-refractivity contribution is -0.120. The maximum atomic E-state index is 12.1. The van der Waals surface area contributed by atoms with E-state index in [0.29, 0.717) is 25.8 Å². The first-order chi connectivity index (χ1) is 11.1. The molecule has 0 saturated heterocycles. The second kappa shape index (κ2) is 7.77. The van der Waals surface area contributed by atoms with Crippen LogP contribution in [0.25, 0.3) is 10.8 Å². The molecule has 2 aromatic rings. The molecule has 0 fully saturated rings. The standard InChI is InChI=1S/C19H23NO3/c1-4-18(21)15-10-13-6-7-16(23-3)12-17(13)14(11-15)8-9-20-19(22)5-2/h6-7,10-12H,4-5,8-9H2,1-3H3,(H,20,22). The Labute approximate surface area is 136 Å². The van der Waals surface area contributed by atoms with Crippen molar-refractivity contribution in [3.8, 4) is 5.75 Å². The van der Waals surface area contributed by atoms with Crippen LogP contribution in [0.5, 0.6) is 5.75 Å². The van der Waals surface area contributed by atoms with E-state index in [2.05, 4.69) is 5.32 Å². The van der Waals surface area contributed by atoms with E-state index in [0.717, 1.165) is 27.6 Å². The molecular weight excluding hydrogens is 290 g/mol. The van der Waals surface area contributed by atoms with E-state index < -0.39 is 0 Å². The monoisotopic (exact) mass is 313 g/mol. The van der Waals surface area contributed by atoms with E-state index in [1.165, 1.54) is 0 Å². The lowest BCUT2D eigenvalue weighted by atomic mass is 9.96. The van der Waals surface area contributed by atoms with Gasteiger partial charge in [-0.2, -0.15) is 0 Å². The Morgan fingerprint density at radius 1 is 1.09 bits per heavy atom. The number of amides is 1. The zero-order valence-corrected chi connectivity index (χ0v) is 13.9. The van der Waals surface area contributed by atoms with Crippen molar-refractivity contribution in [1.82, 2.24) is 5.32 Å². The van der Waals surface area contributed by atoms with Gasteiger partial charge in [-0.1, -0.05) is 19.9 Å². The molecule has 0 saturated carbocycles. The average molecular weight is 313 g/mol. The minimum absolute atomic E-state index is 0.0349. The summed E-state index contributed by atoms with van der Waals surface area (Å²) >= 11 is 0. The molecule has 23 heavy (non-hydrogen) atoms. The van der Waals surface area contributed by atoms with E-state index in [1.807, 2.05) is 44.2 Å². The van der Waals surface area contributed by atoms with Gasteiger partial charge in [0.05, 0.1) is 7.11 Å². The molecule has 122 valence electrons. The Bertz CT molecular complexity index is 722. The Morgan fingerprint density at radius 2 is 1.87 bits per heavy atom. The van der Waals surface area contributed by atoms with E-state index in [4.69, 9.17) is 4.74 Å². The number of ether oxygens (including phenoxy) is 1. The Kier molecular flexibility index (Phi) is 5.74. The van der Waals surface area contributed by atoms with Gasteiger partial charge in [-0.25, -0.2) is 0 Å².